The van der Waals surface area contributed by atoms with E-state index in [2.05, 4.69) is 5.32 Å². The molecule has 7 nitrogen and oxygen atoms in total. The number of amides is 1. The normalized spacial score (nSPS) is 15.3. The summed E-state index contributed by atoms with van der Waals surface area (Å²) in [6.45, 7) is 2.97. The van der Waals surface area contributed by atoms with Crippen LogP contribution in [-0.2, 0) is 16.6 Å². The Kier molecular flexibility index (Phi) is 5.90. The number of phenols is 2. The van der Waals surface area contributed by atoms with Crippen molar-refractivity contribution in [1.29, 1.82) is 0 Å². The number of hydrogen-bond donors (Lipinski definition) is 3. The second-order valence-corrected chi connectivity index (χ2v) is 8.91. The van der Waals surface area contributed by atoms with E-state index in [1.54, 1.807) is 0 Å². The molecule has 1 heterocycles. The lowest BCUT2D eigenvalue weighted by atomic mass is 10.1. The molecule has 1 fully saturated rings. The van der Waals surface area contributed by atoms with E-state index in [9.17, 15) is 23.4 Å². The molecule has 0 saturated carbocycles. The van der Waals surface area contributed by atoms with Crippen LogP contribution in [0.2, 0.25) is 0 Å². The van der Waals surface area contributed by atoms with Gasteiger partial charge in [-0.05, 0) is 31.4 Å². The van der Waals surface area contributed by atoms with Crippen molar-refractivity contribution in [3.8, 4) is 11.5 Å². The lowest BCUT2D eigenvalue weighted by Gasteiger charge is -2.26. The van der Waals surface area contributed by atoms with Gasteiger partial charge < -0.3 is 15.5 Å². The third-order valence-corrected chi connectivity index (χ3v) is 6.71. The highest BCUT2D eigenvalue weighted by molar-refractivity contribution is 7.89. The van der Waals surface area contributed by atoms with Crippen molar-refractivity contribution in [3.05, 3.63) is 53.1 Å². The molecule has 1 saturated heterocycles. The SMILES string of the molecule is Cc1ccc(CNC(=O)c2cc(S(=O)(=O)N3CCCCC3)cc(O)c2O)cc1. The van der Waals surface area contributed by atoms with Gasteiger partial charge in [0.25, 0.3) is 5.91 Å². The summed E-state index contributed by atoms with van der Waals surface area (Å²) in [6, 6.07) is 9.65. The van der Waals surface area contributed by atoms with Gasteiger partial charge >= 0.3 is 0 Å². The Morgan fingerprint density at radius 3 is 2.36 bits per heavy atom. The Bertz CT molecular complexity index is 965. The van der Waals surface area contributed by atoms with Crippen molar-refractivity contribution >= 4 is 15.9 Å². The first-order valence-corrected chi connectivity index (χ1v) is 10.6. The first-order valence-electron chi connectivity index (χ1n) is 9.19. The van der Waals surface area contributed by atoms with E-state index >= 15 is 0 Å². The average Bonchev–Trinajstić information content (AvgIpc) is 2.69. The number of carbonyl (C=O) groups excluding carboxylic acids is 1. The maximum absolute atomic E-state index is 12.8. The van der Waals surface area contributed by atoms with Crippen LogP contribution >= 0.6 is 0 Å². The van der Waals surface area contributed by atoms with Crippen LogP contribution in [0, 0.1) is 6.92 Å². The van der Waals surface area contributed by atoms with Gasteiger partial charge in [-0.2, -0.15) is 4.31 Å². The topological polar surface area (TPSA) is 107 Å². The molecule has 3 N–H and O–H groups in total. The number of rotatable bonds is 5. The molecule has 8 heteroatoms. The number of hydrogen-bond acceptors (Lipinski definition) is 5. The number of phenolic OH excluding ortho intramolecular Hbond substituents is 2. The lowest BCUT2D eigenvalue weighted by Crippen LogP contribution is -2.35. The van der Waals surface area contributed by atoms with Gasteiger partial charge in [0.05, 0.1) is 10.5 Å². The quantitative estimate of drug-likeness (QED) is 0.664. The van der Waals surface area contributed by atoms with Crippen molar-refractivity contribution in [2.24, 2.45) is 0 Å². The average molecular weight is 404 g/mol. The molecule has 1 aliphatic rings. The molecule has 28 heavy (non-hydrogen) atoms. The van der Waals surface area contributed by atoms with E-state index in [1.807, 2.05) is 31.2 Å². The van der Waals surface area contributed by atoms with Gasteiger partial charge in [0.1, 0.15) is 0 Å². The number of piperidine rings is 1. The Hall–Kier alpha value is -2.58. The first kappa shape index (κ1) is 20.2. The predicted molar refractivity (Wildman–Crippen MR) is 105 cm³/mol. The van der Waals surface area contributed by atoms with E-state index in [0.29, 0.717) is 13.1 Å². The van der Waals surface area contributed by atoms with E-state index in [0.717, 1.165) is 42.5 Å². The minimum atomic E-state index is -3.85. The van der Waals surface area contributed by atoms with E-state index in [1.165, 1.54) is 4.31 Å². The molecule has 0 unspecified atom stereocenters. The van der Waals surface area contributed by atoms with Crippen LogP contribution in [0.5, 0.6) is 11.5 Å². The van der Waals surface area contributed by atoms with Crippen LogP contribution in [-0.4, -0.2) is 41.9 Å². The Morgan fingerprint density at radius 2 is 1.71 bits per heavy atom. The van der Waals surface area contributed by atoms with E-state index < -0.39 is 27.4 Å². The highest BCUT2D eigenvalue weighted by Crippen LogP contribution is 2.33. The first-order chi connectivity index (χ1) is 13.3. The van der Waals surface area contributed by atoms with Gasteiger partial charge in [-0.25, -0.2) is 8.42 Å². The molecule has 2 aromatic rings. The molecule has 1 aliphatic heterocycles. The molecule has 2 aromatic carbocycles. The highest BCUT2D eigenvalue weighted by atomic mass is 32.2. The van der Waals surface area contributed by atoms with Crippen LogP contribution in [0.1, 0.15) is 40.7 Å². The van der Waals surface area contributed by atoms with E-state index in [-0.39, 0.29) is 17.0 Å². The lowest BCUT2D eigenvalue weighted by molar-refractivity contribution is 0.0947. The Labute approximate surface area is 164 Å². The van der Waals surface area contributed by atoms with Crippen LogP contribution in [0.25, 0.3) is 0 Å². The fraction of sp³-hybridized carbons (Fsp3) is 0.350. The summed E-state index contributed by atoms with van der Waals surface area (Å²) in [5, 5.41) is 22.7. The van der Waals surface area contributed by atoms with Crippen LogP contribution < -0.4 is 5.32 Å². The minimum Gasteiger partial charge on any atom is -0.504 e. The Balaban J connectivity index is 1.84. The maximum atomic E-state index is 12.8. The molecule has 3 rings (SSSR count). The number of aromatic hydroxyl groups is 2. The second-order valence-electron chi connectivity index (χ2n) is 6.97. The standard InChI is InChI=1S/C20H24N2O5S/c1-14-5-7-15(8-6-14)13-21-20(25)17-11-16(12-18(23)19(17)24)28(26,27)22-9-3-2-4-10-22/h5-8,11-12,23-24H,2-4,9-10,13H2,1H3,(H,21,25). The second kappa shape index (κ2) is 8.20. The van der Waals surface area contributed by atoms with Gasteiger partial charge in [-0.3, -0.25) is 4.79 Å². The summed E-state index contributed by atoms with van der Waals surface area (Å²) in [7, 11) is -3.85. The molecule has 0 atom stereocenters. The largest absolute Gasteiger partial charge is 0.504 e. The fourth-order valence-corrected chi connectivity index (χ4v) is 4.72. The zero-order chi connectivity index (χ0) is 20.3. The van der Waals surface area contributed by atoms with Gasteiger partial charge in [0.15, 0.2) is 11.5 Å². The zero-order valence-electron chi connectivity index (χ0n) is 15.7. The van der Waals surface area contributed by atoms with Crippen LogP contribution in [0.4, 0.5) is 0 Å². The number of nitrogens with zero attached hydrogens (tertiary/aromatic N) is 1. The summed E-state index contributed by atoms with van der Waals surface area (Å²) >= 11 is 0. The van der Waals surface area contributed by atoms with Crippen molar-refractivity contribution in [1.82, 2.24) is 9.62 Å². The molecule has 1 amide bonds. The van der Waals surface area contributed by atoms with Crippen molar-refractivity contribution in [2.45, 2.75) is 37.6 Å². The number of sulfonamides is 1. The third kappa shape index (κ3) is 4.28. The van der Waals surface area contributed by atoms with Crippen molar-refractivity contribution in [2.75, 3.05) is 13.1 Å². The summed E-state index contributed by atoms with van der Waals surface area (Å²) in [6.07, 6.45) is 2.51. The summed E-state index contributed by atoms with van der Waals surface area (Å²) in [4.78, 5) is 12.3. The van der Waals surface area contributed by atoms with E-state index in [4.69, 9.17) is 0 Å². The monoisotopic (exact) mass is 404 g/mol. The Morgan fingerprint density at radius 1 is 1.07 bits per heavy atom. The smallest absolute Gasteiger partial charge is 0.255 e. The van der Waals surface area contributed by atoms with Crippen molar-refractivity contribution in [3.63, 3.8) is 0 Å². The predicted octanol–water partition coefficient (Wildman–Crippen LogP) is 2.51. The third-order valence-electron chi connectivity index (χ3n) is 4.83. The molecule has 0 aliphatic carbocycles. The molecular weight excluding hydrogens is 380 g/mol. The molecule has 0 spiro atoms. The van der Waals surface area contributed by atoms with Gasteiger partial charge in [-0.15, -0.1) is 0 Å². The molecule has 0 bridgehead atoms. The molecule has 0 radical (unpaired) electrons. The van der Waals surface area contributed by atoms with Gasteiger partial charge in [-0.1, -0.05) is 36.2 Å². The zero-order valence-corrected chi connectivity index (χ0v) is 16.5. The van der Waals surface area contributed by atoms with Crippen LogP contribution in [0.3, 0.4) is 0 Å². The van der Waals surface area contributed by atoms with Crippen LogP contribution in [0.15, 0.2) is 41.3 Å². The molecule has 150 valence electrons. The molecular formula is C20H24N2O5S. The number of benzene rings is 2. The summed E-state index contributed by atoms with van der Waals surface area (Å²) in [5.41, 5.74) is 1.68. The van der Waals surface area contributed by atoms with Crippen molar-refractivity contribution < 1.29 is 23.4 Å². The number of aryl methyl sites for hydroxylation is 1. The number of nitrogens with one attached hydrogen (secondary N) is 1. The highest BCUT2D eigenvalue weighted by Gasteiger charge is 2.29. The van der Waals surface area contributed by atoms with Gasteiger partial charge in [0.2, 0.25) is 10.0 Å². The van der Waals surface area contributed by atoms with Gasteiger partial charge in [0, 0.05) is 25.7 Å². The number of carbonyl (C=O) groups is 1. The summed E-state index contributed by atoms with van der Waals surface area (Å²) < 4.78 is 27.0. The maximum Gasteiger partial charge on any atom is 0.255 e. The summed E-state index contributed by atoms with van der Waals surface area (Å²) in [5.74, 6) is -1.94. The molecule has 0 aromatic heterocycles. The minimum absolute atomic E-state index is 0.204. The fourth-order valence-electron chi connectivity index (χ4n) is 3.15.